The molecule has 114 valence electrons. The van der Waals surface area contributed by atoms with E-state index in [1.165, 1.54) is 25.9 Å². The lowest BCUT2D eigenvalue weighted by Crippen LogP contribution is -2.52. The van der Waals surface area contributed by atoms with Crippen LogP contribution in [-0.4, -0.2) is 42.4 Å². The number of nitrogens with zero attached hydrogens (tertiary/aromatic N) is 1. The van der Waals surface area contributed by atoms with Crippen LogP contribution >= 0.6 is 0 Å². The van der Waals surface area contributed by atoms with E-state index >= 15 is 0 Å². The Morgan fingerprint density at radius 2 is 1.81 bits per heavy atom. The van der Waals surface area contributed by atoms with Crippen molar-refractivity contribution in [2.45, 2.75) is 37.4 Å². The van der Waals surface area contributed by atoms with Crippen LogP contribution in [0.2, 0.25) is 0 Å². The molecule has 0 aromatic heterocycles. The van der Waals surface area contributed by atoms with Gasteiger partial charge < -0.3 is 14.7 Å². The van der Waals surface area contributed by atoms with Gasteiger partial charge in [-0.3, -0.25) is 0 Å². The van der Waals surface area contributed by atoms with E-state index in [-0.39, 0.29) is 0 Å². The van der Waals surface area contributed by atoms with Crippen LogP contribution in [-0.2, 0) is 10.3 Å². The van der Waals surface area contributed by atoms with E-state index in [4.69, 9.17) is 4.74 Å². The Hall–Kier alpha value is -0.900. The molecule has 1 unspecified atom stereocenters. The first-order valence-corrected chi connectivity index (χ1v) is 8.37. The van der Waals surface area contributed by atoms with Gasteiger partial charge in [-0.15, -0.1) is 0 Å². The van der Waals surface area contributed by atoms with Crippen molar-refractivity contribution in [2.75, 3.05) is 26.2 Å². The minimum absolute atomic E-state index is 0.321. The van der Waals surface area contributed by atoms with Gasteiger partial charge in [-0.25, -0.2) is 0 Å². The zero-order valence-corrected chi connectivity index (χ0v) is 12.6. The molecule has 0 spiro atoms. The zero-order chi connectivity index (χ0) is 14.3. The van der Waals surface area contributed by atoms with Crippen molar-refractivity contribution in [1.82, 2.24) is 4.90 Å². The highest BCUT2D eigenvalue weighted by Gasteiger charge is 2.46. The van der Waals surface area contributed by atoms with Crippen LogP contribution in [0.4, 0.5) is 0 Å². The van der Waals surface area contributed by atoms with Crippen LogP contribution in [0.25, 0.3) is 0 Å². The molecule has 3 saturated heterocycles. The average Bonchev–Trinajstić information content (AvgIpc) is 3.40. The SMILES string of the molecule is OC(CO[C@@H]1CN2CCC1CC2)(c1ccccc1)C1CC1. The summed E-state index contributed by atoms with van der Waals surface area (Å²) >= 11 is 0. The van der Waals surface area contributed by atoms with Gasteiger partial charge >= 0.3 is 0 Å². The van der Waals surface area contributed by atoms with Gasteiger partial charge in [-0.2, -0.15) is 0 Å². The number of piperidine rings is 3. The molecule has 1 saturated carbocycles. The van der Waals surface area contributed by atoms with Crippen molar-refractivity contribution in [3.05, 3.63) is 35.9 Å². The largest absolute Gasteiger partial charge is 0.382 e. The van der Waals surface area contributed by atoms with Crippen molar-refractivity contribution in [3.8, 4) is 0 Å². The first-order chi connectivity index (χ1) is 10.3. The van der Waals surface area contributed by atoms with Crippen LogP contribution < -0.4 is 0 Å². The maximum absolute atomic E-state index is 11.2. The van der Waals surface area contributed by atoms with Crippen molar-refractivity contribution >= 4 is 0 Å². The maximum Gasteiger partial charge on any atom is 0.116 e. The third kappa shape index (κ3) is 2.63. The smallest absolute Gasteiger partial charge is 0.116 e. The van der Waals surface area contributed by atoms with Gasteiger partial charge in [0.1, 0.15) is 5.60 Å². The van der Waals surface area contributed by atoms with Gasteiger partial charge in [0, 0.05) is 6.54 Å². The predicted octanol–water partition coefficient (Wildman–Crippen LogP) is 2.40. The summed E-state index contributed by atoms with van der Waals surface area (Å²) in [7, 11) is 0. The second-order valence-corrected chi connectivity index (χ2v) is 7.05. The fraction of sp³-hybridized carbons (Fsp3) is 0.667. The number of fused-ring (bicyclic) bond motifs is 3. The molecule has 0 radical (unpaired) electrons. The Labute approximate surface area is 126 Å². The molecule has 1 N–H and O–H groups in total. The molecular weight excluding hydrogens is 262 g/mol. The molecule has 3 aliphatic heterocycles. The highest BCUT2D eigenvalue weighted by atomic mass is 16.5. The van der Waals surface area contributed by atoms with Gasteiger partial charge in [-0.05, 0) is 56.2 Å². The fourth-order valence-corrected chi connectivity index (χ4v) is 4.06. The van der Waals surface area contributed by atoms with E-state index < -0.39 is 5.60 Å². The second kappa shape index (κ2) is 5.38. The summed E-state index contributed by atoms with van der Waals surface area (Å²) in [5.41, 5.74) is 0.238. The molecule has 0 amide bonds. The van der Waals surface area contributed by atoms with Gasteiger partial charge in [0.15, 0.2) is 0 Å². The zero-order valence-electron chi connectivity index (χ0n) is 12.6. The van der Waals surface area contributed by atoms with Crippen molar-refractivity contribution < 1.29 is 9.84 Å². The number of aliphatic hydroxyl groups is 1. The quantitative estimate of drug-likeness (QED) is 0.902. The van der Waals surface area contributed by atoms with Crippen molar-refractivity contribution in [2.24, 2.45) is 11.8 Å². The maximum atomic E-state index is 11.2. The normalized spacial score (nSPS) is 34.6. The molecule has 1 aliphatic carbocycles. The van der Waals surface area contributed by atoms with Crippen LogP contribution in [0.3, 0.4) is 0 Å². The Balaban J connectivity index is 1.46. The van der Waals surface area contributed by atoms with Crippen LogP contribution in [0.15, 0.2) is 30.3 Å². The molecule has 21 heavy (non-hydrogen) atoms. The Bertz CT molecular complexity index is 479. The van der Waals surface area contributed by atoms with Crippen molar-refractivity contribution in [3.63, 3.8) is 0 Å². The lowest BCUT2D eigenvalue weighted by atomic mass is 9.85. The third-order valence-electron chi connectivity index (χ3n) is 5.64. The number of rotatable bonds is 5. The molecule has 3 nitrogen and oxygen atoms in total. The van der Waals surface area contributed by atoms with Crippen LogP contribution in [0, 0.1) is 11.8 Å². The molecule has 1 aromatic carbocycles. The average molecular weight is 287 g/mol. The van der Waals surface area contributed by atoms with Gasteiger partial charge in [0.05, 0.1) is 12.7 Å². The van der Waals surface area contributed by atoms with E-state index in [1.807, 2.05) is 30.3 Å². The van der Waals surface area contributed by atoms with E-state index in [9.17, 15) is 5.11 Å². The minimum Gasteiger partial charge on any atom is -0.382 e. The van der Waals surface area contributed by atoms with Crippen LogP contribution in [0.5, 0.6) is 0 Å². The van der Waals surface area contributed by atoms with E-state index in [1.54, 1.807) is 0 Å². The summed E-state index contributed by atoms with van der Waals surface area (Å²) in [6.07, 6.45) is 5.08. The highest BCUT2D eigenvalue weighted by Crippen LogP contribution is 2.46. The predicted molar refractivity (Wildman–Crippen MR) is 82.0 cm³/mol. The number of benzene rings is 1. The van der Waals surface area contributed by atoms with Crippen LogP contribution in [0.1, 0.15) is 31.2 Å². The standard InChI is InChI=1S/C18H25NO2/c20-18(16-6-7-16,15-4-2-1-3-5-15)13-21-17-12-19-10-8-14(17)9-11-19/h1-5,14,16-17,20H,6-13H2/t17-,18?/m1/s1. The Morgan fingerprint density at radius 3 is 2.38 bits per heavy atom. The molecule has 4 fully saturated rings. The molecule has 1 aromatic rings. The number of hydrogen-bond acceptors (Lipinski definition) is 3. The van der Waals surface area contributed by atoms with E-state index in [0.29, 0.717) is 24.5 Å². The Morgan fingerprint density at radius 1 is 1.10 bits per heavy atom. The second-order valence-electron chi connectivity index (χ2n) is 7.05. The lowest BCUT2D eigenvalue weighted by Gasteiger charge is -2.45. The van der Waals surface area contributed by atoms with E-state index in [0.717, 1.165) is 24.9 Å². The Kier molecular flexibility index (Phi) is 3.52. The first-order valence-electron chi connectivity index (χ1n) is 8.37. The van der Waals surface area contributed by atoms with Gasteiger partial charge in [-0.1, -0.05) is 30.3 Å². The summed E-state index contributed by atoms with van der Waals surface area (Å²) in [5.74, 6) is 1.08. The molecule has 3 heterocycles. The topological polar surface area (TPSA) is 32.7 Å². The minimum atomic E-state index is -0.784. The van der Waals surface area contributed by atoms with Crippen molar-refractivity contribution in [1.29, 1.82) is 0 Å². The van der Waals surface area contributed by atoms with Gasteiger partial charge in [0.2, 0.25) is 0 Å². The summed E-state index contributed by atoms with van der Waals surface area (Å²) in [4.78, 5) is 2.50. The lowest BCUT2D eigenvalue weighted by molar-refractivity contribution is -0.132. The first kappa shape index (κ1) is 13.7. The number of ether oxygens (including phenoxy) is 1. The highest BCUT2D eigenvalue weighted by molar-refractivity contribution is 5.25. The summed E-state index contributed by atoms with van der Waals surface area (Å²) in [6, 6.07) is 10.1. The monoisotopic (exact) mass is 287 g/mol. The summed E-state index contributed by atoms with van der Waals surface area (Å²) < 4.78 is 6.25. The molecule has 4 aliphatic rings. The third-order valence-corrected chi connectivity index (χ3v) is 5.64. The number of hydrogen-bond donors (Lipinski definition) is 1. The molecule has 3 heteroatoms. The molecule has 5 rings (SSSR count). The summed E-state index contributed by atoms with van der Waals surface area (Å²) in [5, 5.41) is 11.2. The molecule has 2 atom stereocenters. The van der Waals surface area contributed by atoms with Gasteiger partial charge in [0.25, 0.3) is 0 Å². The fourth-order valence-electron chi connectivity index (χ4n) is 4.06. The summed E-state index contributed by atoms with van der Waals surface area (Å²) in [6.45, 7) is 3.98. The molecular formula is C18H25NO2. The van der Waals surface area contributed by atoms with E-state index in [2.05, 4.69) is 4.90 Å². The molecule has 2 bridgehead atoms.